The molecule has 7 heteroatoms. The van der Waals surface area contributed by atoms with E-state index in [4.69, 9.17) is 0 Å². The van der Waals surface area contributed by atoms with Crippen molar-refractivity contribution >= 4 is 50.2 Å². The molecule has 0 radical (unpaired) electrons. The number of benzene rings is 1. The monoisotopic (exact) mass is 383 g/mol. The predicted octanol–water partition coefficient (Wildman–Crippen LogP) is 4.15. The number of rotatable bonds is 2. The average Bonchev–Trinajstić information content (AvgIpc) is 2.97. The molecule has 0 aliphatic carbocycles. The van der Waals surface area contributed by atoms with Gasteiger partial charge in [0.15, 0.2) is 5.13 Å². The summed E-state index contributed by atoms with van der Waals surface area (Å²) in [5, 5.41) is 5.50. The number of carbonyl (C=O) groups is 1. The van der Waals surface area contributed by atoms with Crippen LogP contribution >= 0.6 is 39.0 Å². The Morgan fingerprint density at radius 1 is 1.33 bits per heavy atom. The molecule has 21 heavy (non-hydrogen) atoms. The molecule has 2 heterocycles. The molecule has 1 aliphatic heterocycles. The highest BCUT2D eigenvalue weighted by molar-refractivity contribution is 9.10. The maximum atomic E-state index is 12.1. The molecule has 1 aromatic carbocycles. The van der Waals surface area contributed by atoms with E-state index in [0.717, 1.165) is 40.3 Å². The molecule has 0 atom stereocenters. The Hall–Kier alpha value is -1.05. The Kier molecular flexibility index (Phi) is 4.82. The topological polar surface area (TPSA) is 45.2 Å². The summed E-state index contributed by atoms with van der Waals surface area (Å²) in [7, 11) is 0. The van der Waals surface area contributed by atoms with Crippen molar-refractivity contribution in [1.82, 2.24) is 9.88 Å². The minimum atomic E-state index is -0.0505. The van der Waals surface area contributed by atoms with E-state index in [1.165, 1.54) is 11.3 Å². The van der Waals surface area contributed by atoms with Crippen LogP contribution in [0.4, 0.5) is 9.93 Å². The number of anilines is 1. The van der Waals surface area contributed by atoms with E-state index in [2.05, 4.69) is 26.2 Å². The van der Waals surface area contributed by atoms with Gasteiger partial charge < -0.3 is 4.90 Å². The fourth-order valence-corrected chi connectivity index (χ4v) is 4.06. The molecule has 110 valence electrons. The molecule has 4 nitrogen and oxygen atoms in total. The second-order valence-electron chi connectivity index (χ2n) is 4.58. The minimum Gasteiger partial charge on any atom is -0.323 e. The van der Waals surface area contributed by atoms with Crippen LogP contribution in [-0.2, 0) is 0 Å². The van der Waals surface area contributed by atoms with Crippen LogP contribution in [0.15, 0.2) is 34.1 Å². The van der Waals surface area contributed by atoms with Crippen molar-refractivity contribution in [2.45, 2.75) is 0 Å². The lowest BCUT2D eigenvalue weighted by atomic mass is 10.2. The Morgan fingerprint density at radius 3 is 2.90 bits per heavy atom. The number of thioether (sulfide) groups is 1. The summed E-state index contributed by atoms with van der Waals surface area (Å²) in [5.41, 5.74) is 1.92. The number of carbonyl (C=O) groups excluding carboxylic acids is 1. The van der Waals surface area contributed by atoms with Gasteiger partial charge in [-0.15, -0.1) is 11.3 Å². The lowest BCUT2D eigenvalue weighted by molar-refractivity contribution is 0.217. The molecule has 1 N–H and O–H groups in total. The van der Waals surface area contributed by atoms with Crippen LogP contribution in [0.25, 0.3) is 11.3 Å². The number of amides is 2. The van der Waals surface area contributed by atoms with E-state index >= 15 is 0 Å². The van der Waals surface area contributed by atoms with E-state index in [1.54, 1.807) is 0 Å². The fraction of sp³-hybridized carbons (Fsp3) is 0.286. The lowest BCUT2D eigenvalue weighted by Gasteiger charge is -2.25. The van der Waals surface area contributed by atoms with Crippen LogP contribution in [0.5, 0.6) is 0 Å². The quantitative estimate of drug-likeness (QED) is 0.846. The van der Waals surface area contributed by atoms with Crippen molar-refractivity contribution in [3.05, 3.63) is 34.1 Å². The van der Waals surface area contributed by atoms with Crippen LogP contribution in [-0.4, -0.2) is 40.5 Å². The van der Waals surface area contributed by atoms with Crippen molar-refractivity contribution in [2.75, 3.05) is 29.9 Å². The zero-order valence-electron chi connectivity index (χ0n) is 11.2. The summed E-state index contributed by atoms with van der Waals surface area (Å²) < 4.78 is 1.02. The number of urea groups is 1. The first-order valence-corrected chi connectivity index (χ1v) is 9.40. The van der Waals surface area contributed by atoms with Gasteiger partial charge in [-0.2, -0.15) is 11.8 Å². The molecule has 0 saturated carbocycles. The van der Waals surface area contributed by atoms with Crippen LogP contribution in [0.1, 0.15) is 0 Å². The molecular weight excluding hydrogens is 370 g/mol. The van der Waals surface area contributed by atoms with Gasteiger partial charge in [-0.3, -0.25) is 5.32 Å². The van der Waals surface area contributed by atoms with Crippen molar-refractivity contribution in [3.63, 3.8) is 0 Å². The summed E-state index contributed by atoms with van der Waals surface area (Å²) in [4.78, 5) is 18.5. The number of halogens is 1. The van der Waals surface area contributed by atoms with E-state index < -0.39 is 0 Å². The zero-order chi connectivity index (χ0) is 14.7. The van der Waals surface area contributed by atoms with Gasteiger partial charge >= 0.3 is 6.03 Å². The highest BCUT2D eigenvalue weighted by atomic mass is 79.9. The molecule has 0 spiro atoms. The zero-order valence-corrected chi connectivity index (χ0v) is 14.4. The van der Waals surface area contributed by atoms with Gasteiger partial charge in [0.2, 0.25) is 0 Å². The molecule has 3 rings (SSSR count). The number of hydrogen-bond donors (Lipinski definition) is 1. The SMILES string of the molecule is O=C(Nc1nc(-c2cccc(Br)c2)cs1)N1CCSCC1. The van der Waals surface area contributed by atoms with Crippen LogP contribution in [0, 0.1) is 0 Å². The second kappa shape index (κ2) is 6.81. The van der Waals surface area contributed by atoms with Crippen LogP contribution in [0.2, 0.25) is 0 Å². The Bertz CT molecular complexity index is 641. The average molecular weight is 384 g/mol. The first-order valence-electron chi connectivity index (χ1n) is 6.57. The third-order valence-corrected chi connectivity index (χ3v) is 5.33. The largest absolute Gasteiger partial charge is 0.323 e. The van der Waals surface area contributed by atoms with Crippen molar-refractivity contribution in [1.29, 1.82) is 0 Å². The lowest BCUT2D eigenvalue weighted by Crippen LogP contribution is -2.40. The highest BCUT2D eigenvalue weighted by Crippen LogP contribution is 2.27. The Balaban J connectivity index is 1.69. The molecule has 2 aromatic rings. The first kappa shape index (κ1) is 14.9. The van der Waals surface area contributed by atoms with Gasteiger partial charge in [0.25, 0.3) is 0 Å². The second-order valence-corrected chi connectivity index (χ2v) is 7.58. The highest BCUT2D eigenvalue weighted by Gasteiger charge is 2.17. The van der Waals surface area contributed by atoms with Gasteiger partial charge in [0, 0.05) is 40.0 Å². The number of thiazole rings is 1. The summed E-state index contributed by atoms with van der Waals surface area (Å²) >= 11 is 6.79. The molecule has 1 aromatic heterocycles. The van der Waals surface area contributed by atoms with Gasteiger partial charge in [-0.1, -0.05) is 28.1 Å². The molecule has 1 aliphatic rings. The molecule has 0 unspecified atom stereocenters. The van der Waals surface area contributed by atoms with Gasteiger partial charge in [-0.05, 0) is 12.1 Å². The third-order valence-electron chi connectivity index (χ3n) is 3.14. The summed E-state index contributed by atoms with van der Waals surface area (Å²) in [6.45, 7) is 1.61. The van der Waals surface area contributed by atoms with Crippen molar-refractivity contribution in [3.8, 4) is 11.3 Å². The first-order chi connectivity index (χ1) is 10.2. The summed E-state index contributed by atoms with van der Waals surface area (Å²) in [6.07, 6.45) is 0. The van der Waals surface area contributed by atoms with E-state index in [9.17, 15) is 4.79 Å². The number of hydrogen-bond acceptors (Lipinski definition) is 4. The maximum absolute atomic E-state index is 12.1. The van der Waals surface area contributed by atoms with Crippen molar-refractivity contribution in [2.24, 2.45) is 0 Å². The standard InChI is InChI=1S/C14H14BrN3OS2/c15-11-3-1-2-10(8-11)12-9-21-13(16-12)17-14(19)18-4-6-20-7-5-18/h1-3,8-9H,4-7H2,(H,16,17,19). The molecule has 1 saturated heterocycles. The summed E-state index contributed by atoms with van der Waals surface area (Å²) in [6, 6.07) is 7.93. The minimum absolute atomic E-state index is 0.0505. The molecule has 0 bridgehead atoms. The predicted molar refractivity (Wildman–Crippen MR) is 93.2 cm³/mol. The summed E-state index contributed by atoms with van der Waals surface area (Å²) in [5.74, 6) is 2.02. The molecule has 2 amide bonds. The van der Waals surface area contributed by atoms with Crippen LogP contribution in [0.3, 0.4) is 0 Å². The number of nitrogens with one attached hydrogen (secondary N) is 1. The Morgan fingerprint density at radius 2 is 2.14 bits per heavy atom. The number of aromatic nitrogens is 1. The fourth-order valence-electron chi connectivity index (χ4n) is 2.05. The normalized spacial score (nSPS) is 15.0. The van der Waals surface area contributed by atoms with E-state index in [-0.39, 0.29) is 6.03 Å². The van der Waals surface area contributed by atoms with Gasteiger partial charge in [-0.25, -0.2) is 9.78 Å². The number of nitrogens with zero attached hydrogens (tertiary/aromatic N) is 2. The third kappa shape index (κ3) is 3.78. The van der Waals surface area contributed by atoms with Gasteiger partial charge in [0.1, 0.15) is 0 Å². The Labute approximate surface area is 140 Å². The van der Waals surface area contributed by atoms with Gasteiger partial charge in [0.05, 0.1) is 5.69 Å². The maximum Gasteiger partial charge on any atom is 0.323 e. The van der Waals surface area contributed by atoms with E-state index in [1.807, 2.05) is 46.3 Å². The smallest absolute Gasteiger partial charge is 0.323 e. The van der Waals surface area contributed by atoms with Crippen LogP contribution < -0.4 is 5.32 Å². The molecule has 1 fully saturated rings. The van der Waals surface area contributed by atoms with Crippen molar-refractivity contribution < 1.29 is 4.79 Å². The van der Waals surface area contributed by atoms with E-state index in [0.29, 0.717) is 5.13 Å². The molecular formula is C14H14BrN3OS2.